The third kappa shape index (κ3) is 7.80. The van der Waals surface area contributed by atoms with Crippen molar-refractivity contribution < 1.29 is 40.3 Å². The number of carbonyl (C=O) groups is 1. The first-order chi connectivity index (χ1) is 17.4. The van der Waals surface area contributed by atoms with Gasteiger partial charge in [-0.2, -0.15) is 26.3 Å². The van der Waals surface area contributed by atoms with Crippen LogP contribution in [0.3, 0.4) is 0 Å². The molecule has 0 spiro atoms. The van der Waals surface area contributed by atoms with Crippen LogP contribution in [0.2, 0.25) is 0 Å². The summed E-state index contributed by atoms with van der Waals surface area (Å²) in [5, 5.41) is 0.520. The summed E-state index contributed by atoms with van der Waals surface area (Å²) in [7, 11) is 0. The van der Waals surface area contributed by atoms with Crippen molar-refractivity contribution in [2.45, 2.75) is 49.9 Å². The van der Waals surface area contributed by atoms with Gasteiger partial charge in [0.2, 0.25) is 0 Å². The Labute approximate surface area is 214 Å². The van der Waals surface area contributed by atoms with Crippen molar-refractivity contribution in [3.8, 4) is 11.3 Å². The molecule has 0 saturated heterocycles. The predicted octanol–water partition coefficient (Wildman–Crippen LogP) is 8.85. The second-order valence-corrected chi connectivity index (χ2v) is 9.62. The number of hydrogen-bond acceptors (Lipinski definition) is 4. The highest BCUT2D eigenvalue weighted by molar-refractivity contribution is 7.99. The fourth-order valence-corrected chi connectivity index (χ4v) is 4.72. The van der Waals surface area contributed by atoms with Gasteiger partial charge in [-0.3, -0.25) is 0 Å². The van der Waals surface area contributed by atoms with Gasteiger partial charge in [-0.1, -0.05) is 38.5 Å². The van der Waals surface area contributed by atoms with Crippen LogP contribution in [0.25, 0.3) is 22.3 Å². The van der Waals surface area contributed by atoms with Crippen LogP contribution in [0.1, 0.15) is 37.3 Å². The van der Waals surface area contributed by atoms with Crippen molar-refractivity contribution in [1.82, 2.24) is 0 Å². The molecule has 3 nitrogen and oxygen atoms in total. The number of benzene rings is 2. The Hall–Kier alpha value is -2.88. The van der Waals surface area contributed by atoms with E-state index in [1.807, 2.05) is 6.92 Å². The second kappa shape index (κ2) is 12.1. The van der Waals surface area contributed by atoms with Crippen molar-refractivity contribution in [2.75, 3.05) is 12.4 Å². The molecular weight excluding hydrogens is 518 g/mol. The summed E-state index contributed by atoms with van der Waals surface area (Å²) >= 11 is 0.876. The van der Waals surface area contributed by atoms with E-state index in [4.69, 9.17) is 4.42 Å². The Balaban J connectivity index is 1.83. The number of fused-ring (bicyclic) bond motifs is 1. The number of unbranched alkanes of at least 4 members (excludes halogenated alkanes) is 2. The quantitative estimate of drug-likeness (QED) is 0.0795. The molecule has 0 aliphatic carbocycles. The minimum Gasteiger partial charge on any atom is -0.462 e. The Kier molecular flexibility index (Phi) is 9.39. The third-order valence-electron chi connectivity index (χ3n) is 5.72. The molecule has 0 radical (unpaired) electrons. The summed E-state index contributed by atoms with van der Waals surface area (Å²) in [4.78, 5) is 11.6. The number of furan rings is 1. The maximum Gasteiger partial charge on any atom is 0.417 e. The molecule has 1 unspecified atom stereocenters. The monoisotopic (exact) mass is 544 g/mol. The average Bonchev–Trinajstić information content (AvgIpc) is 3.25. The van der Waals surface area contributed by atoms with Crippen LogP contribution >= 0.6 is 11.8 Å². The summed E-state index contributed by atoms with van der Waals surface area (Å²) < 4.78 is 91.8. The Bertz CT molecular complexity index is 1230. The zero-order chi connectivity index (χ0) is 27.2. The molecule has 3 rings (SSSR count). The van der Waals surface area contributed by atoms with E-state index in [-0.39, 0.29) is 16.9 Å². The fourth-order valence-electron chi connectivity index (χ4n) is 3.68. The van der Waals surface area contributed by atoms with E-state index >= 15 is 0 Å². The highest BCUT2D eigenvalue weighted by Gasteiger charge is 2.40. The van der Waals surface area contributed by atoms with Crippen LogP contribution in [0, 0.1) is 5.92 Å². The van der Waals surface area contributed by atoms with Crippen molar-refractivity contribution in [1.29, 1.82) is 0 Å². The van der Waals surface area contributed by atoms with Crippen molar-refractivity contribution >= 4 is 28.7 Å². The second-order valence-electron chi connectivity index (χ2n) is 8.53. The van der Waals surface area contributed by atoms with E-state index in [9.17, 15) is 31.1 Å². The molecule has 0 amide bonds. The first-order valence-electron chi connectivity index (χ1n) is 11.6. The fraction of sp³-hybridized carbons (Fsp3) is 0.370. The number of esters is 1. The Morgan fingerprint density at radius 2 is 1.84 bits per heavy atom. The van der Waals surface area contributed by atoms with Gasteiger partial charge in [-0.15, -0.1) is 11.8 Å². The lowest BCUT2D eigenvalue weighted by Gasteiger charge is -2.19. The van der Waals surface area contributed by atoms with Crippen molar-refractivity contribution in [3.05, 3.63) is 66.2 Å². The van der Waals surface area contributed by atoms with Gasteiger partial charge in [-0.25, -0.2) is 4.79 Å². The van der Waals surface area contributed by atoms with Gasteiger partial charge in [0.05, 0.1) is 11.5 Å². The summed E-state index contributed by atoms with van der Waals surface area (Å²) in [6.45, 7) is 4.33. The molecule has 0 N–H and O–H groups in total. The largest absolute Gasteiger partial charge is 0.462 e. The van der Waals surface area contributed by atoms with Crippen LogP contribution < -0.4 is 0 Å². The molecule has 0 saturated carbocycles. The number of halogens is 6. The number of alkyl halides is 6. The Morgan fingerprint density at radius 3 is 2.49 bits per heavy atom. The maximum absolute atomic E-state index is 13.9. The summed E-state index contributed by atoms with van der Waals surface area (Å²) in [5.74, 6) is -3.26. The molecule has 0 fully saturated rings. The predicted molar refractivity (Wildman–Crippen MR) is 131 cm³/mol. The van der Waals surface area contributed by atoms with Gasteiger partial charge >= 0.3 is 18.3 Å². The van der Waals surface area contributed by atoms with E-state index < -0.39 is 42.2 Å². The maximum atomic E-state index is 13.9. The topological polar surface area (TPSA) is 39.4 Å². The van der Waals surface area contributed by atoms with Gasteiger partial charge in [0.1, 0.15) is 18.0 Å². The van der Waals surface area contributed by atoms with Crippen LogP contribution in [0.15, 0.2) is 64.4 Å². The first kappa shape index (κ1) is 28.7. The van der Waals surface area contributed by atoms with Crippen LogP contribution in [0.5, 0.6) is 0 Å². The van der Waals surface area contributed by atoms with Gasteiger partial charge in [0.25, 0.3) is 0 Å². The summed E-state index contributed by atoms with van der Waals surface area (Å²) in [6, 6.07) is 10.3. The average molecular weight is 545 g/mol. The molecule has 1 heterocycles. The minimum absolute atomic E-state index is 0.0223. The standard InChI is InChI=1S/C27H26F6O3S/c1-3-5-6-7-17-8-11-21(22(12-17)27(31,32)33)24-13-18-9-10-20(14-23(18)36-24)37-16-19(26(28,29)30)15-35-25(34)4-2/h4,8-14,19H,2-3,5-7,15-16H2,1H3. The summed E-state index contributed by atoms with van der Waals surface area (Å²) in [6.07, 6.45) is -5.16. The van der Waals surface area contributed by atoms with Gasteiger partial charge in [0, 0.05) is 27.7 Å². The van der Waals surface area contributed by atoms with Gasteiger partial charge < -0.3 is 9.15 Å². The molecule has 0 aliphatic heterocycles. The van der Waals surface area contributed by atoms with Crippen molar-refractivity contribution in [2.24, 2.45) is 5.92 Å². The minimum atomic E-state index is -4.59. The summed E-state index contributed by atoms with van der Waals surface area (Å²) in [5.41, 5.74) is -0.0466. The molecular formula is C27H26F6O3S. The molecule has 0 aliphatic rings. The zero-order valence-corrected chi connectivity index (χ0v) is 20.9. The number of rotatable bonds is 11. The molecule has 200 valence electrons. The highest BCUT2D eigenvalue weighted by Crippen LogP contribution is 2.40. The molecule has 37 heavy (non-hydrogen) atoms. The molecule has 10 heteroatoms. The van der Waals surface area contributed by atoms with E-state index in [0.717, 1.165) is 43.2 Å². The van der Waals surface area contributed by atoms with E-state index in [1.54, 1.807) is 18.2 Å². The van der Waals surface area contributed by atoms with Crippen molar-refractivity contribution in [3.63, 3.8) is 0 Å². The molecule has 1 aromatic heterocycles. The van der Waals surface area contributed by atoms with E-state index in [1.165, 1.54) is 18.2 Å². The Morgan fingerprint density at radius 1 is 1.08 bits per heavy atom. The zero-order valence-electron chi connectivity index (χ0n) is 20.0. The lowest BCUT2D eigenvalue weighted by atomic mass is 9.98. The van der Waals surface area contributed by atoms with Gasteiger partial charge in [-0.05, 0) is 48.7 Å². The van der Waals surface area contributed by atoms with Crippen LogP contribution in [-0.4, -0.2) is 24.5 Å². The number of aryl methyl sites for hydroxylation is 1. The molecule has 3 aromatic rings. The van der Waals surface area contributed by atoms with E-state index in [2.05, 4.69) is 11.3 Å². The number of ether oxygens (including phenoxy) is 1. The van der Waals surface area contributed by atoms with Crippen LogP contribution in [-0.2, 0) is 22.1 Å². The molecule has 1 atom stereocenters. The lowest BCUT2D eigenvalue weighted by Crippen LogP contribution is -2.30. The molecule has 0 bridgehead atoms. The smallest absolute Gasteiger partial charge is 0.417 e. The van der Waals surface area contributed by atoms with Gasteiger partial charge in [0.15, 0.2) is 0 Å². The number of carbonyl (C=O) groups excluding carboxylic acids is 1. The highest BCUT2D eigenvalue weighted by atomic mass is 32.2. The SMILES string of the molecule is C=CC(=O)OCC(CSc1ccc2cc(-c3ccc(CCCCC)cc3C(F)(F)F)oc2c1)C(F)(F)F. The number of thioether (sulfide) groups is 1. The third-order valence-corrected chi connectivity index (χ3v) is 6.88. The molecule has 2 aromatic carbocycles. The normalized spacial score (nSPS) is 13.1. The lowest BCUT2D eigenvalue weighted by molar-refractivity contribution is -0.183. The van der Waals surface area contributed by atoms with Crippen LogP contribution in [0.4, 0.5) is 26.3 Å². The first-order valence-corrected chi connectivity index (χ1v) is 12.6. The number of hydrogen-bond donors (Lipinski definition) is 0. The van der Waals surface area contributed by atoms with E-state index in [0.29, 0.717) is 22.3 Å².